The van der Waals surface area contributed by atoms with Gasteiger partial charge < -0.3 is 20.3 Å². The van der Waals surface area contributed by atoms with E-state index in [1.54, 1.807) is 4.90 Å². The van der Waals surface area contributed by atoms with Crippen LogP contribution in [0.5, 0.6) is 5.75 Å². The molecule has 1 aromatic carbocycles. The van der Waals surface area contributed by atoms with Crippen molar-refractivity contribution in [2.24, 2.45) is 0 Å². The third-order valence-corrected chi connectivity index (χ3v) is 3.74. The topological polar surface area (TPSA) is 70.7 Å². The lowest BCUT2D eigenvalue weighted by atomic mass is 10.2. The Hall–Kier alpha value is -2.24. The van der Waals surface area contributed by atoms with Crippen LogP contribution < -0.4 is 20.3 Å². The molecule has 6 heteroatoms. The van der Waals surface area contributed by atoms with E-state index in [4.69, 9.17) is 4.74 Å². The van der Waals surface area contributed by atoms with Crippen LogP contribution in [0.4, 0.5) is 10.5 Å². The molecule has 23 heavy (non-hydrogen) atoms. The molecular formula is C17H25N3O3. The molecule has 0 radical (unpaired) electrons. The summed E-state index contributed by atoms with van der Waals surface area (Å²) in [6.07, 6.45) is 2.32. The van der Waals surface area contributed by atoms with Gasteiger partial charge in [0.1, 0.15) is 5.75 Å². The van der Waals surface area contributed by atoms with Gasteiger partial charge in [0.2, 0.25) is 5.91 Å². The van der Waals surface area contributed by atoms with Crippen LogP contribution in [0, 0.1) is 0 Å². The Bertz CT molecular complexity index is 530. The van der Waals surface area contributed by atoms with Gasteiger partial charge in [0.15, 0.2) is 0 Å². The van der Waals surface area contributed by atoms with Gasteiger partial charge in [0, 0.05) is 25.2 Å². The van der Waals surface area contributed by atoms with E-state index in [-0.39, 0.29) is 18.0 Å². The Morgan fingerprint density at radius 2 is 2.04 bits per heavy atom. The molecule has 1 saturated heterocycles. The molecule has 2 N–H and O–H groups in total. The van der Waals surface area contributed by atoms with Crippen LogP contribution in [0.15, 0.2) is 24.3 Å². The lowest BCUT2D eigenvalue weighted by Crippen LogP contribution is -2.43. The summed E-state index contributed by atoms with van der Waals surface area (Å²) in [4.78, 5) is 25.6. The van der Waals surface area contributed by atoms with Crippen LogP contribution >= 0.6 is 0 Å². The summed E-state index contributed by atoms with van der Waals surface area (Å²) in [5.74, 6) is 0.806. The number of anilines is 1. The maximum atomic E-state index is 12.2. The Labute approximate surface area is 137 Å². The Kier molecular flexibility index (Phi) is 6.26. The zero-order valence-electron chi connectivity index (χ0n) is 13.8. The SMILES string of the molecule is CCCCNC(=O)N[C@@H]1CC(=O)N(c2ccc(OCC)cc2)C1. The zero-order chi connectivity index (χ0) is 16.7. The molecule has 0 bridgehead atoms. The number of nitrogens with one attached hydrogen (secondary N) is 2. The molecule has 1 aliphatic rings. The highest BCUT2D eigenvalue weighted by atomic mass is 16.5. The molecule has 0 saturated carbocycles. The molecule has 0 aromatic heterocycles. The first-order chi connectivity index (χ1) is 11.1. The number of unbranched alkanes of at least 4 members (excludes halogenated alkanes) is 1. The molecule has 2 rings (SSSR count). The molecule has 1 fully saturated rings. The standard InChI is InChI=1S/C17H25N3O3/c1-3-5-10-18-17(22)19-13-11-16(21)20(12-13)14-6-8-15(9-7-14)23-4-2/h6-9,13H,3-5,10-12H2,1-2H3,(H2,18,19,22)/t13-/m1/s1. The first-order valence-electron chi connectivity index (χ1n) is 8.21. The van der Waals surface area contributed by atoms with E-state index in [0.29, 0.717) is 26.1 Å². The normalized spacial score (nSPS) is 17.2. The molecule has 126 valence electrons. The van der Waals surface area contributed by atoms with Gasteiger partial charge >= 0.3 is 6.03 Å². The summed E-state index contributed by atoms with van der Waals surface area (Å²) in [6.45, 7) is 5.77. The van der Waals surface area contributed by atoms with E-state index < -0.39 is 0 Å². The third-order valence-electron chi connectivity index (χ3n) is 3.74. The van der Waals surface area contributed by atoms with Crippen molar-refractivity contribution in [1.29, 1.82) is 0 Å². The highest BCUT2D eigenvalue weighted by Crippen LogP contribution is 2.24. The maximum Gasteiger partial charge on any atom is 0.315 e. The number of benzene rings is 1. The van der Waals surface area contributed by atoms with Gasteiger partial charge in [-0.25, -0.2) is 4.79 Å². The molecule has 0 aliphatic carbocycles. The van der Waals surface area contributed by atoms with E-state index in [2.05, 4.69) is 17.6 Å². The monoisotopic (exact) mass is 319 g/mol. The number of nitrogens with zero attached hydrogens (tertiary/aromatic N) is 1. The lowest BCUT2D eigenvalue weighted by molar-refractivity contribution is -0.117. The van der Waals surface area contributed by atoms with Gasteiger partial charge in [-0.15, -0.1) is 0 Å². The summed E-state index contributed by atoms with van der Waals surface area (Å²) < 4.78 is 5.40. The molecule has 1 heterocycles. The van der Waals surface area contributed by atoms with Crippen LogP contribution in [0.1, 0.15) is 33.1 Å². The summed E-state index contributed by atoms with van der Waals surface area (Å²) in [5, 5.41) is 5.67. The first kappa shape index (κ1) is 17.1. The molecule has 0 unspecified atom stereocenters. The average Bonchev–Trinajstić information content (AvgIpc) is 2.89. The van der Waals surface area contributed by atoms with E-state index in [1.165, 1.54) is 0 Å². The third kappa shape index (κ3) is 4.87. The van der Waals surface area contributed by atoms with E-state index in [0.717, 1.165) is 24.3 Å². The second kappa shape index (κ2) is 8.41. The van der Waals surface area contributed by atoms with Crippen molar-refractivity contribution in [1.82, 2.24) is 10.6 Å². The van der Waals surface area contributed by atoms with Gasteiger partial charge in [0.05, 0.1) is 12.6 Å². The maximum absolute atomic E-state index is 12.2. The van der Waals surface area contributed by atoms with Gasteiger partial charge in [-0.3, -0.25) is 4.79 Å². The fraction of sp³-hybridized carbons (Fsp3) is 0.529. The van der Waals surface area contributed by atoms with Crippen molar-refractivity contribution in [2.45, 2.75) is 39.2 Å². The summed E-state index contributed by atoms with van der Waals surface area (Å²) in [5.41, 5.74) is 0.828. The second-order valence-corrected chi connectivity index (χ2v) is 5.59. The molecule has 1 atom stereocenters. The quantitative estimate of drug-likeness (QED) is 0.758. The van der Waals surface area contributed by atoms with Crippen LogP contribution in [-0.2, 0) is 4.79 Å². The van der Waals surface area contributed by atoms with Crippen LogP contribution in [0.3, 0.4) is 0 Å². The molecule has 0 spiro atoms. The lowest BCUT2D eigenvalue weighted by Gasteiger charge is -2.18. The van der Waals surface area contributed by atoms with Gasteiger partial charge in [-0.1, -0.05) is 13.3 Å². The number of rotatable bonds is 7. The minimum Gasteiger partial charge on any atom is -0.494 e. The zero-order valence-corrected chi connectivity index (χ0v) is 13.8. The van der Waals surface area contributed by atoms with Crippen molar-refractivity contribution in [3.05, 3.63) is 24.3 Å². The summed E-state index contributed by atoms with van der Waals surface area (Å²) in [6, 6.07) is 7.08. The Morgan fingerprint density at radius 1 is 1.30 bits per heavy atom. The minimum absolute atomic E-state index is 0.0213. The Balaban J connectivity index is 1.88. The second-order valence-electron chi connectivity index (χ2n) is 5.59. The number of hydrogen-bond donors (Lipinski definition) is 2. The minimum atomic E-state index is -0.204. The smallest absolute Gasteiger partial charge is 0.315 e. The molecule has 6 nitrogen and oxygen atoms in total. The Morgan fingerprint density at radius 3 is 2.70 bits per heavy atom. The van der Waals surface area contributed by atoms with Crippen molar-refractivity contribution >= 4 is 17.6 Å². The van der Waals surface area contributed by atoms with Crippen LogP contribution in [0.25, 0.3) is 0 Å². The fourth-order valence-corrected chi connectivity index (χ4v) is 2.56. The predicted octanol–water partition coefficient (Wildman–Crippen LogP) is 2.29. The molecule has 1 aliphatic heterocycles. The largest absolute Gasteiger partial charge is 0.494 e. The van der Waals surface area contributed by atoms with Crippen LogP contribution in [-0.4, -0.2) is 37.7 Å². The number of carbonyl (C=O) groups excluding carboxylic acids is 2. The highest BCUT2D eigenvalue weighted by Gasteiger charge is 2.31. The van der Waals surface area contributed by atoms with Gasteiger partial charge in [-0.05, 0) is 37.6 Å². The molecule has 1 aromatic rings. The van der Waals surface area contributed by atoms with E-state index in [9.17, 15) is 9.59 Å². The number of ether oxygens (including phenoxy) is 1. The van der Waals surface area contributed by atoms with E-state index in [1.807, 2.05) is 31.2 Å². The summed E-state index contributed by atoms with van der Waals surface area (Å²) >= 11 is 0. The summed E-state index contributed by atoms with van der Waals surface area (Å²) in [7, 11) is 0. The van der Waals surface area contributed by atoms with Crippen molar-refractivity contribution in [2.75, 3.05) is 24.6 Å². The first-order valence-corrected chi connectivity index (χ1v) is 8.21. The van der Waals surface area contributed by atoms with Gasteiger partial charge in [-0.2, -0.15) is 0 Å². The number of amides is 3. The number of carbonyl (C=O) groups is 2. The predicted molar refractivity (Wildman–Crippen MR) is 89.8 cm³/mol. The average molecular weight is 319 g/mol. The van der Waals surface area contributed by atoms with Gasteiger partial charge in [0.25, 0.3) is 0 Å². The number of urea groups is 1. The fourth-order valence-electron chi connectivity index (χ4n) is 2.56. The van der Waals surface area contributed by atoms with Crippen LogP contribution in [0.2, 0.25) is 0 Å². The van der Waals surface area contributed by atoms with Crippen molar-refractivity contribution in [3.8, 4) is 5.75 Å². The van der Waals surface area contributed by atoms with E-state index >= 15 is 0 Å². The van der Waals surface area contributed by atoms with Crippen molar-refractivity contribution < 1.29 is 14.3 Å². The highest BCUT2D eigenvalue weighted by molar-refractivity contribution is 5.96. The number of hydrogen-bond acceptors (Lipinski definition) is 3. The molecule has 3 amide bonds. The van der Waals surface area contributed by atoms with Crippen molar-refractivity contribution in [3.63, 3.8) is 0 Å². The molecular weight excluding hydrogens is 294 g/mol.